The Labute approximate surface area is 165 Å². The van der Waals surface area contributed by atoms with Crippen LogP contribution >= 0.6 is 0 Å². The molecule has 1 aliphatic heterocycles. The highest BCUT2D eigenvalue weighted by molar-refractivity contribution is 5.69. The van der Waals surface area contributed by atoms with Crippen LogP contribution in [-0.4, -0.2) is 35.8 Å². The van der Waals surface area contributed by atoms with E-state index < -0.39 is 6.09 Å². The molecular weight excluding hydrogens is 356 g/mol. The average Bonchev–Trinajstić information content (AvgIpc) is 2.58. The lowest BCUT2D eigenvalue weighted by Gasteiger charge is -2.43. The number of amides is 1. The third-order valence-electron chi connectivity index (χ3n) is 4.95. The third-order valence-corrected chi connectivity index (χ3v) is 4.95. The molecule has 7 heteroatoms. The minimum absolute atomic E-state index is 0.150. The first kappa shape index (κ1) is 20.1. The van der Waals surface area contributed by atoms with Crippen molar-refractivity contribution < 1.29 is 14.3 Å². The zero-order valence-corrected chi connectivity index (χ0v) is 16.9. The SMILES string of the molecule is Cc1cc(OCC2(CC(C)C)CNC2)c(C)nc1-c1ccnc(OC(N)=O)c1. The summed E-state index contributed by atoms with van der Waals surface area (Å²) in [7, 11) is 0. The summed E-state index contributed by atoms with van der Waals surface area (Å²) in [4.78, 5) is 19.7. The second-order valence-electron chi connectivity index (χ2n) is 8.03. The fraction of sp³-hybridized carbons (Fsp3) is 0.476. The summed E-state index contributed by atoms with van der Waals surface area (Å²) in [6.07, 6.45) is 1.81. The van der Waals surface area contributed by atoms with E-state index in [9.17, 15) is 4.79 Å². The number of nitrogens with one attached hydrogen (secondary N) is 1. The van der Waals surface area contributed by atoms with E-state index in [2.05, 4.69) is 24.1 Å². The molecule has 150 valence electrons. The zero-order valence-electron chi connectivity index (χ0n) is 16.9. The first-order valence-corrected chi connectivity index (χ1v) is 9.53. The number of ether oxygens (including phenoxy) is 2. The van der Waals surface area contributed by atoms with Gasteiger partial charge in [0.2, 0.25) is 5.88 Å². The van der Waals surface area contributed by atoms with Crippen molar-refractivity contribution in [1.82, 2.24) is 15.3 Å². The van der Waals surface area contributed by atoms with E-state index in [4.69, 9.17) is 20.2 Å². The van der Waals surface area contributed by atoms with Crippen molar-refractivity contribution >= 4 is 6.09 Å². The molecule has 3 N–H and O–H groups in total. The van der Waals surface area contributed by atoms with E-state index in [0.717, 1.165) is 47.8 Å². The summed E-state index contributed by atoms with van der Waals surface area (Å²) in [6.45, 7) is 11.1. The molecule has 3 rings (SSSR count). The monoisotopic (exact) mass is 384 g/mol. The topological polar surface area (TPSA) is 99.4 Å². The van der Waals surface area contributed by atoms with Gasteiger partial charge in [-0.1, -0.05) is 13.8 Å². The number of aromatic nitrogens is 2. The van der Waals surface area contributed by atoms with Crippen LogP contribution in [0, 0.1) is 25.2 Å². The van der Waals surface area contributed by atoms with Crippen LogP contribution in [0.5, 0.6) is 11.6 Å². The van der Waals surface area contributed by atoms with Gasteiger partial charge in [0.15, 0.2) is 0 Å². The zero-order chi connectivity index (χ0) is 20.3. The van der Waals surface area contributed by atoms with Gasteiger partial charge in [-0.2, -0.15) is 0 Å². The predicted molar refractivity (Wildman–Crippen MR) is 107 cm³/mol. The van der Waals surface area contributed by atoms with Gasteiger partial charge in [0.25, 0.3) is 0 Å². The Morgan fingerprint density at radius 3 is 2.68 bits per heavy atom. The fourth-order valence-corrected chi connectivity index (χ4v) is 3.72. The molecule has 0 aliphatic carbocycles. The number of pyridine rings is 2. The molecule has 28 heavy (non-hydrogen) atoms. The van der Waals surface area contributed by atoms with E-state index >= 15 is 0 Å². The molecular formula is C21H28N4O3. The first-order valence-electron chi connectivity index (χ1n) is 9.53. The number of hydrogen-bond donors (Lipinski definition) is 2. The molecule has 0 aromatic carbocycles. The Morgan fingerprint density at radius 2 is 2.07 bits per heavy atom. The van der Waals surface area contributed by atoms with Crippen LogP contribution in [0.25, 0.3) is 11.3 Å². The van der Waals surface area contributed by atoms with Crippen molar-refractivity contribution in [2.24, 2.45) is 17.1 Å². The predicted octanol–water partition coefficient (Wildman–Crippen LogP) is 3.23. The van der Waals surface area contributed by atoms with Crippen LogP contribution < -0.4 is 20.5 Å². The van der Waals surface area contributed by atoms with Crippen LogP contribution in [0.2, 0.25) is 0 Å². The van der Waals surface area contributed by atoms with Crippen LogP contribution in [0.15, 0.2) is 24.4 Å². The average molecular weight is 384 g/mol. The first-order chi connectivity index (χ1) is 13.3. The van der Waals surface area contributed by atoms with Crippen LogP contribution in [-0.2, 0) is 0 Å². The van der Waals surface area contributed by atoms with Crippen molar-refractivity contribution in [1.29, 1.82) is 0 Å². The lowest BCUT2D eigenvalue weighted by Crippen LogP contribution is -2.57. The number of carbonyl (C=O) groups excluding carboxylic acids is 1. The molecule has 0 radical (unpaired) electrons. The lowest BCUT2D eigenvalue weighted by molar-refractivity contribution is 0.0597. The van der Waals surface area contributed by atoms with Crippen molar-refractivity contribution in [2.45, 2.75) is 34.1 Å². The molecule has 0 atom stereocenters. The van der Waals surface area contributed by atoms with Gasteiger partial charge < -0.3 is 20.5 Å². The molecule has 0 unspecified atom stereocenters. The third kappa shape index (κ3) is 4.59. The molecule has 0 spiro atoms. The van der Waals surface area contributed by atoms with E-state index in [1.807, 2.05) is 26.0 Å². The second-order valence-corrected chi connectivity index (χ2v) is 8.03. The number of nitrogens with two attached hydrogens (primary N) is 1. The highest BCUT2D eigenvalue weighted by Gasteiger charge is 2.38. The number of aryl methyl sites for hydroxylation is 2. The minimum atomic E-state index is -0.893. The van der Waals surface area contributed by atoms with Crippen LogP contribution in [0.4, 0.5) is 4.79 Å². The molecule has 1 aliphatic rings. The molecule has 2 aromatic rings. The highest BCUT2D eigenvalue weighted by Crippen LogP contribution is 2.33. The normalized spacial score (nSPS) is 15.2. The Bertz CT molecular complexity index is 863. The Morgan fingerprint density at radius 1 is 1.32 bits per heavy atom. The van der Waals surface area contributed by atoms with Gasteiger partial charge in [-0.25, -0.2) is 14.8 Å². The molecule has 7 nitrogen and oxygen atoms in total. The molecule has 0 bridgehead atoms. The van der Waals surface area contributed by atoms with Crippen molar-refractivity contribution in [3.63, 3.8) is 0 Å². The van der Waals surface area contributed by atoms with Crippen LogP contribution in [0.1, 0.15) is 31.5 Å². The smallest absolute Gasteiger partial charge is 0.411 e. The number of hydrogen-bond acceptors (Lipinski definition) is 6. The maximum atomic E-state index is 11.0. The Balaban J connectivity index is 1.79. The highest BCUT2D eigenvalue weighted by atomic mass is 16.6. The van der Waals surface area contributed by atoms with Gasteiger partial charge >= 0.3 is 6.09 Å². The lowest BCUT2D eigenvalue weighted by atomic mass is 9.76. The van der Waals surface area contributed by atoms with E-state index in [1.165, 1.54) is 0 Å². The Kier molecular flexibility index (Phi) is 5.84. The maximum Gasteiger partial charge on any atom is 0.411 e. The van der Waals surface area contributed by atoms with Crippen molar-refractivity contribution in [3.8, 4) is 22.9 Å². The Hall–Kier alpha value is -2.67. The molecule has 1 amide bonds. The van der Waals surface area contributed by atoms with E-state index in [0.29, 0.717) is 12.5 Å². The summed E-state index contributed by atoms with van der Waals surface area (Å²) >= 11 is 0. The molecule has 1 fully saturated rings. The number of primary amides is 1. The standard InChI is InChI=1S/C21H28N4O3/c1-13(2)9-21(10-23-11-21)12-27-17-7-14(3)19(25-15(17)4)16-5-6-24-18(8-16)28-20(22)26/h5-8,13,23H,9-12H2,1-4H3,(H2,22,26). The number of nitrogens with zero attached hydrogens (tertiary/aromatic N) is 2. The van der Waals surface area contributed by atoms with Gasteiger partial charge in [0, 0.05) is 36.3 Å². The number of carbonyl (C=O) groups is 1. The van der Waals surface area contributed by atoms with Gasteiger partial charge in [-0.15, -0.1) is 0 Å². The minimum Gasteiger partial charge on any atom is -0.491 e. The second kappa shape index (κ2) is 8.14. The maximum absolute atomic E-state index is 11.0. The summed E-state index contributed by atoms with van der Waals surface area (Å²) in [5, 5.41) is 3.37. The van der Waals surface area contributed by atoms with Gasteiger partial charge in [-0.3, -0.25) is 0 Å². The van der Waals surface area contributed by atoms with Crippen LogP contribution in [0.3, 0.4) is 0 Å². The summed E-state index contributed by atoms with van der Waals surface area (Å²) < 4.78 is 11.1. The summed E-state index contributed by atoms with van der Waals surface area (Å²) in [5.41, 5.74) is 8.67. The molecule has 3 heterocycles. The largest absolute Gasteiger partial charge is 0.491 e. The fourth-order valence-electron chi connectivity index (χ4n) is 3.72. The van der Waals surface area contributed by atoms with Gasteiger partial charge in [-0.05, 0) is 43.9 Å². The number of rotatable bonds is 7. The quantitative estimate of drug-likeness (QED) is 0.760. The summed E-state index contributed by atoms with van der Waals surface area (Å²) in [5.74, 6) is 1.59. The van der Waals surface area contributed by atoms with E-state index in [-0.39, 0.29) is 11.3 Å². The summed E-state index contributed by atoms with van der Waals surface area (Å²) in [6, 6.07) is 5.49. The van der Waals surface area contributed by atoms with Gasteiger partial charge in [0.1, 0.15) is 5.75 Å². The molecule has 0 saturated carbocycles. The molecule has 1 saturated heterocycles. The van der Waals surface area contributed by atoms with Crippen molar-refractivity contribution in [3.05, 3.63) is 35.7 Å². The van der Waals surface area contributed by atoms with Gasteiger partial charge in [0.05, 0.1) is 18.0 Å². The van der Waals surface area contributed by atoms with Crippen molar-refractivity contribution in [2.75, 3.05) is 19.7 Å². The van der Waals surface area contributed by atoms with E-state index in [1.54, 1.807) is 12.3 Å². The molecule has 2 aromatic heterocycles.